The molecule has 0 bridgehead atoms. The molecule has 0 aliphatic heterocycles. The molecule has 0 fully saturated rings. The van der Waals surface area contributed by atoms with Crippen LogP contribution in [0.4, 0.5) is 0 Å². The van der Waals surface area contributed by atoms with Crippen LogP contribution in [0.1, 0.15) is 6.92 Å². The van der Waals surface area contributed by atoms with Gasteiger partial charge in [-0.3, -0.25) is 4.18 Å². The second kappa shape index (κ2) is 11.1. The van der Waals surface area contributed by atoms with E-state index in [1.54, 1.807) is 0 Å². The first-order valence-corrected chi connectivity index (χ1v) is 4.72. The van der Waals surface area contributed by atoms with E-state index in [0.717, 1.165) is 0 Å². The van der Waals surface area contributed by atoms with Gasteiger partial charge in [0.25, 0.3) is 0 Å². The molecule has 0 rings (SSSR count). The van der Waals surface area contributed by atoms with E-state index in [-0.39, 0.29) is 18.8 Å². The number of methoxy groups -OCH3 is 1. The van der Waals surface area contributed by atoms with Gasteiger partial charge in [-0.1, -0.05) is 0 Å². The highest BCUT2D eigenvalue weighted by Crippen LogP contribution is 1.90. The summed E-state index contributed by atoms with van der Waals surface area (Å²) in [5.74, 6) is -0.507. The van der Waals surface area contributed by atoms with E-state index in [1.807, 2.05) is 0 Å². The molecule has 1 unspecified atom stereocenters. The average Bonchev–Trinajstić information content (AvgIpc) is 2.24. The van der Waals surface area contributed by atoms with Crippen molar-refractivity contribution in [3.63, 3.8) is 0 Å². The van der Waals surface area contributed by atoms with Gasteiger partial charge in [0.05, 0.1) is 43.5 Å². The lowest BCUT2D eigenvalue weighted by atomic mass is 10.3. The lowest BCUT2D eigenvalue weighted by Crippen LogP contribution is -2.00. The number of carbonyl (C=O) groups is 1. The molecule has 0 aromatic heterocycles. The molecule has 0 aliphatic carbocycles. The molecule has 0 aromatic carbocycles. The predicted molar refractivity (Wildman–Crippen MR) is 50.4 cm³/mol. The van der Waals surface area contributed by atoms with Crippen molar-refractivity contribution in [1.29, 1.82) is 0 Å². The minimum absolute atomic E-state index is 0.157. The molecule has 0 heterocycles. The fraction of sp³-hybridized carbons (Fsp3) is 0.571. The summed E-state index contributed by atoms with van der Waals surface area (Å²) in [4.78, 5) is 10.3. The Bertz CT molecular complexity index is 225. The van der Waals surface area contributed by atoms with Crippen molar-refractivity contribution in [2.24, 2.45) is 0 Å². The molecule has 0 spiro atoms. The van der Waals surface area contributed by atoms with Gasteiger partial charge in [0.1, 0.15) is 0 Å². The number of carbonyl (C=O) groups excluding carboxylic acids is 1. The zero-order valence-electron chi connectivity index (χ0n) is 8.34. The molecule has 0 saturated heterocycles. The van der Waals surface area contributed by atoms with Gasteiger partial charge in [0.2, 0.25) is 0 Å². The second-order valence-corrected chi connectivity index (χ2v) is 2.70. The van der Waals surface area contributed by atoms with E-state index in [9.17, 15) is 13.6 Å². The van der Waals surface area contributed by atoms with Crippen molar-refractivity contribution in [2.75, 3.05) is 20.3 Å². The Balaban J connectivity index is 0. The number of ether oxygens (including phenoxy) is 1. The van der Waals surface area contributed by atoms with Crippen LogP contribution in [-0.2, 0) is 25.1 Å². The first kappa shape index (κ1) is 16.5. The van der Waals surface area contributed by atoms with Gasteiger partial charge in [0, 0.05) is 0 Å². The van der Waals surface area contributed by atoms with Crippen LogP contribution < -0.4 is 0 Å². The summed E-state index contributed by atoms with van der Waals surface area (Å²) < 4.78 is 26.9. The highest BCUT2D eigenvalue weighted by Gasteiger charge is 1.99. The Hall–Kier alpha value is -0.960. The van der Waals surface area contributed by atoms with E-state index in [1.165, 1.54) is 14.0 Å². The molecule has 15 heavy (non-hydrogen) atoms. The van der Waals surface area contributed by atoms with Crippen molar-refractivity contribution >= 4 is 17.3 Å². The first-order valence-electron chi connectivity index (χ1n) is 3.72. The van der Waals surface area contributed by atoms with Crippen LogP contribution in [0.25, 0.3) is 0 Å². The Kier molecular flexibility index (Phi) is 12.2. The summed E-state index contributed by atoms with van der Waals surface area (Å²) in [6.07, 6.45) is 0.714. The summed E-state index contributed by atoms with van der Waals surface area (Å²) in [5, 5.41) is 16.1. The topological polar surface area (TPSA) is 116 Å². The number of hydrogen-bond donors (Lipinski definition) is 2. The first-order chi connectivity index (χ1) is 6.99. The Morgan fingerprint density at radius 2 is 2.13 bits per heavy atom. The highest BCUT2D eigenvalue weighted by molar-refractivity contribution is 7.74. The van der Waals surface area contributed by atoms with Gasteiger partial charge in [-0.15, -0.1) is 0 Å². The maximum Gasteiger partial charge on any atom is 0.336 e. The fourth-order valence-corrected chi connectivity index (χ4v) is 0.530. The summed E-state index contributed by atoms with van der Waals surface area (Å²) in [7, 11) is 1.26. The molecule has 0 aromatic rings. The Labute approximate surface area is 89.8 Å². The van der Waals surface area contributed by atoms with Crippen molar-refractivity contribution in [1.82, 2.24) is 0 Å². The van der Waals surface area contributed by atoms with Gasteiger partial charge >= 0.3 is 5.97 Å². The monoisotopic (exact) mass is 241 g/mol. The maximum atomic E-state index is 10.3. The average molecular weight is 241 g/mol. The van der Waals surface area contributed by atoms with E-state index >= 15 is 0 Å². The number of esters is 1. The molecule has 1 atom stereocenters. The Morgan fingerprint density at radius 3 is 2.27 bits per heavy atom. The van der Waals surface area contributed by atoms with Crippen LogP contribution in [0.3, 0.4) is 0 Å². The molecule has 0 amide bonds. The number of hydrogen-bond acceptors (Lipinski definition) is 7. The van der Waals surface area contributed by atoms with Gasteiger partial charge in [0.15, 0.2) is 0 Å². The van der Waals surface area contributed by atoms with Crippen LogP contribution in [0.5, 0.6) is 0 Å². The van der Waals surface area contributed by atoms with E-state index < -0.39 is 17.3 Å². The van der Waals surface area contributed by atoms with Gasteiger partial charge in [-0.2, -0.15) is 0 Å². The summed E-state index contributed by atoms with van der Waals surface area (Å²) in [6, 6.07) is 0. The van der Waals surface area contributed by atoms with Crippen molar-refractivity contribution in [2.45, 2.75) is 6.92 Å². The minimum Gasteiger partial charge on any atom is -0.750 e. The van der Waals surface area contributed by atoms with Crippen LogP contribution >= 0.6 is 0 Å². The third-order valence-corrected chi connectivity index (χ3v) is 1.33. The van der Waals surface area contributed by atoms with Crippen molar-refractivity contribution in [3.8, 4) is 0 Å². The molecule has 0 radical (unpaired) electrons. The maximum absolute atomic E-state index is 10.3. The molecular weight excluding hydrogens is 228 g/mol. The zero-order valence-corrected chi connectivity index (χ0v) is 9.15. The molecule has 0 aliphatic rings. The largest absolute Gasteiger partial charge is 0.750 e. The van der Waals surface area contributed by atoms with E-state index in [0.29, 0.717) is 6.26 Å². The highest BCUT2D eigenvalue weighted by atomic mass is 32.2. The van der Waals surface area contributed by atoms with Crippen LogP contribution in [0.2, 0.25) is 0 Å². The normalized spacial score (nSPS) is 12.4. The number of aliphatic hydroxyl groups is 2. The summed E-state index contributed by atoms with van der Waals surface area (Å²) >= 11 is -2.48. The van der Waals surface area contributed by atoms with Crippen molar-refractivity contribution in [3.05, 3.63) is 11.8 Å². The lowest BCUT2D eigenvalue weighted by Gasteiger charge is -2.00. The molecule has 90 valence electrons. The molecule has 7 nitrogen and oxygen atoms in total. The quantitative estimate of drug-likeness (QED) is 0.292. The molecule has 8 heteroatoms. The van der Waals surface area contributed by atoms with E-state index in [4.69, 9.17) is 10.2 Å². The van der Waals surface area contributed by atoms with E-state index in [2.05, 4.69) is 8.92 Å². The molecular formula is C7H13O7S-. The van der Waals surface area contributed by atoms with Gasteiger partial charge in [-0.05, 0) is 6.92 Å². The zero-order chi connectivity index (χ0) is 12.3. The van der Waals surface area contributed by atoms with Gasteiger partial charge < -0.3 is 19.5 Å². The third-order valence-electron chi connectivity index (χ3n) is 0.972. The lowest BCUT2D eigenvalue weighted by molar-refractivity contribution is -0.136. The smallest absolute Gasteiger partial charge is 0.336 e. The Morgan fingerprint density at radius 1 is 1.60 bits per heavy atom. The van der Waals surface area contributed by atoms with Crippen molar-refractivity contribution < 1.29 is 32.7 Å². The minimum atomic E-state index is -2.48. The third kappa shape index (κ3) is 13.0. The molecule has 0 saturated carbocycles. The predicted octanol–water partition coefficient (Wildman–Crippen LogP) is -0.589. The number of aliphatic hydroxyl groups excluding tert-OH is 2. The standard InChI is InChI=1S/C5H8O3.C2H6O4S/c1-4(3-6)5(7)8-2;3-1-2-6-7(4)5/h3,6H,1-2H3;3H,1-2H2,(H,4,5)/p-1. The van der Waals surface area contributed by atoms with Gasteiger partial charge in [-0.25, -0.2) is 9.00 Å². The van der Waals surface area contributed by atoms with Crippen LogP contribution in [0, 0.1) is 0 Å². The SMILES string of the molecule is COC(=O)C(C)=CO.O=S([O-])OCCO. The fourth-order valence-electron chi connectivity index (χ4n) is 0.319. The molecule has 2 N–H and O–H groups in total. The summed E-state index contributed by atoms with van der Waals surface area (Å²) in [6.45, 7) is 1.04. The number of rotatable bonds is 4. The van der Waals surface area contributed by atoms with Crippen LogP contribution in [-0.4, -0.2) is 45.3 Å². The second-order valence-electron chi connectivity index (χ2n) is 2.05. The summed E-state index contributed by atoms with van der Waals surface area (Å²) in [5.41, 5.74) is 0.201. The van der Waals surface area contributed by atoms with Crippen LogP contribution in [0.15, 0.2) is 11.8 Å².